The number of aromatic nitrogens is 2. The lowest BCUT2D eigenvalue weighted by molar-refractivity contribution is -0.149. The fourth-order valence-corrected chi connectivity index (χ4v) is 3.63. The second-order valence-corrected chi connectivity index (χ2v) is 10.5. The van der Waals surface area contributed by atoms with E-state index in [9.17, 15) is 27.2 Å². The molecule has 1 atom stereocenters. The van der Waals surface area contributed by atoms with Gasteiger partial charge in [-0.15, -0.1) is 0 Å². The van der Waals surface area contributed by atoms with Crippen LogP contribution in [0.5, 0.6) is 0 Å². The number of carbonyl (C=O) groups is 2. The fourth-order valence-electron chi connectivity index (χ4n) is 3.63. The predicted molar refractivity (Wildman–Crippen MR) is 134 cm³/mol. The number of hydrogen-bond donors (Lipinski definition) is 2. The minimum absolute atomic E-state index is 0.120. The molecule has 0 aliphatic heterocycles. The summed E-state index contributed by atoms with van der Waals surface area (Å²) in [7, 11) is 0. The molecule has 2 aromatic heterocycles. The molecule has 0 saturated carbocycles. The van der Waals surface area contributed by atoms with Crippen LogP contribution in [-0.2, 0) is 10.3 Å². The second kappa shape index (κ2) is 11.0. The van der Waals surface area contributed by atoms with Gasteiger partial charge in [0.05, 0.1) is 16.9 Å². The van der Waals surface area contributed by atoms with Crippen LogP contribution in [0.25, 0.3) is 11.3 Å². The average molecular weight is 551 g/mol. The van der Waals surface area contributed by atoms with Crippen LogP contribution in [0.3, 0.4) is 0 Å². The van der Waals surface area contributed by atoms with E-state index in [-0.39, 0.29) is 22.8 Å². The highest BCUT2D eigenvalue weighted by Gasteiger charge is 2.43. The topological polar surface area (TPSA) is 106 Å². The highest BCUT2D eigenvalue weighted by atomic mass is 19.4. The molecule has 2 amide bonds. The smallest absolute Gasteiger partial charge is 0.408 e. The first kappa shape index (κ1) is 29.6. The van der Waals surface area contributed by atoms with Gasteiger partial charge in [0.25, 0.3) is 5.91 Å². The number of benzene rings is 1. The molecule has 0 fully saturated rings. The van der Waals surface area contributed by atoms with Crippen LogP contribution in [0.15, 0.2) is 47.1 Å². The van der Waals surface area contributed by atoms with Crippen molar-refractivity contribution >= 4 is 12.0 Å². The molecule has 3 rings (SSSR count). The predicted octanol–water partition coefficient (Wildman–Crippen LogP) is 6.02. The molecule has 0 aliphatic carbocycles. The first-order valence-electron chi connectivity index (χ1n) is 12.0. The van der Waals surface area contributed by atoms with Crippen molar-refractivity contribution < 1.29 is 36.3 Å². The molecule has 0 radical (unpaired) electrons. The number of nitrogens with zero attached hydrogens (tertiary/aromatic N) is 2. The van der Waals surface area contributed by atoms with Gasteiger partial charge in [-0.05, 0) is 76.6 Å². The second-order valence-electron chi connectivity index (χ2n) is 10.5. The minimum Gasteiger partial charge on any atom is -0.448 e. The number of amides is 2. The minimum atomic E-state index is -4.80. The van der Waals surface area contributed by atoms with Crippen molar-refractivity contribution in [3.63, 3.8) is 0 Å². The van der Waals surface area contributed by atoms with E-state index in [0.29, 0.717) is 5.56 Å². The van der Waals surface area contributed by atoms with Crippen LogP contribution < -0.4 is 10.6 Å². The third-order valence-corrected chi connectivity index (χ3v) is 5.59. The van der Waals surface area contributed by atoms with E-state index >= 15 is 0 Å². The number of alkyl carbamates (subject to hydrolysis) is 1. The van der Waals surface area contributed by atoms with E-state index in [0.717, 1.165) is 18.4 Å². The van der Waals surface area contributed by atoms with Crippen molar-refractivity contribution in [1.82, 2.24) is 20.6 Å². The summed E-state index contributed by atoms with van der Waals surface area (Å²) in [6.07, 6.45) is -4.53. The molecule has 0 bridgehead atoms. The number of rotatable bonds is 7. The summed E-state index contributed by atoms with van der Waals surface area (Å²) in [5, 5.41) is 4.92. The standard InChI is InChI=1S/C27H30F4N4O4/c1-15-33-22(14-38-15)23(36)32-13-19(27(29,30)31)21-12-17(26(5,6)35-24(37)39-25(2,3)4)11-20(34-21)16-7-9-18(28)10-8-16/h7-12,14,19H,13H2,1-6H3,(H,32,36)(H,35,37). The number of halogens is 4. The maximum atomic E-state index is 14.3. The molecular weight excluding hydrogens is 520 g/mol. The van der Waals surface area contributed by atoms with Crippen LogP contribution in [0.1, 0.15) is 68.2 Å². The highest BCUT2D eigenvalue weighted by Crippen LogP contribution is 2.37. The van der Waals surface area contributed by atoms with Crippen molar-refractivity contribution in [2.45, 2.75) is 64.8 Å². The Hall–Kier alpha value is -3.96. The number of pyridine rings is 1. The van der Waals surface area contributed by atoms with Crippen LogP contribution in [0, 0.1) is 12.7 Å². The Kier molecular flexibility index (Phi) is 8.37. The molecule has 2 heterocycles. The lowest BCUT2D eigenvalue weighted by Crippen LogP contribution is -2.44. The average Bonchev–Trinajstić information content (AvgIpc) is 3.23. The zero-order valence-corrected chi connectivity index (χ0v) is 22.4. The molecule has 0 aliphatic rings. The number of ether oxygens (including phenoxy) is 1. The number of nitrogens with one attached hydrogen (secondary N) is 2. The third-order valence-electron chi connectivity index (χ3n) is 5.59. The molecule has 3 aromatic rings. The number of aryl methyl sites for hydroxylation is 1. The van der Waals surface area contributed by atoms with Gasteiger partial charge >= 0.3 is 12.3 Å². The van der Waals surface area contributed by atoms with Gasteiger partial charge in [0.2, 0.25) is 0 Å². The van der Waals surface area contributed by atoms with Gasteiger partial charge in [-0.1, -0.05) is 0 Å². The van der Waals surface area contributed by atoms with E-state index in [4.69, 9.17) is 9.15 Å². The van der Waals surface area contributed by atoms with Crippen molar-refractivity contribution in [3.8, 4) is 11.3 Å². The first-order valence-corrected chi connectivity index (χ1v) is 12.0. The molecule has 8 nitrogen and oxygen atoms in total. The van der Waals surface area contributed by atoms with Crippen molar-refractivity contribution in [2.24, 2.45) is 0 Å². The van der Waals surface area contributed by atoms with Crippen LogP contribution in [-0.4, -0.2) is 40.3 Å². The van der Waals surface area contributed by atoms with Gasteiger partial charge in [-0.2, -0.15) is 13.2 Å². The largest absolute Gasteiger partial charge is 0.448 e. The van der Waals surface area contributed by atoms with Gasteiger partial charge in [-0.25, -0.2) is 14.2 Å². The maximum Gasteiger partial charge on any atom is 0.408 e. The summed E-state index contributed by atoms with van der Waals surface area (Å²) < 4.78 is 66.7. The van der Waals surface area contributed by atoms with Gasteiger partial charge < -0.3 is 19.8 Å². The Morgan fingerprint density at radius 1 is 1.03 bits per heavy atom. The summed E-state index contributed by atoms with van der Waals surface area (Å²) in [4.78, 5) is 32.9. The highest BCUT2D eigenvalue weighted by molar-refractivity contribution is 5.91. The van der Waals surface area contributed by atoms with Crippen LogP contribution >= 0.6 is 0 Å². The van der Waals surface area contributed by atoms with Crippen molar-refractivity contribution in [1.29, 1.82) is 0 Å². The van der Waals surface area contributed by atoms with Crippen molar-refractivity contribution in [2.75, 3.05) is 6.54 Å². The maximum absolute atomic E-state index is 14.3. The molecule has 1 unspecified atom stereocenters. The summed E-state index contributed by atoms with van der Waals surface area (Å²) >= 11 is 0. The molecule has 0 spiro atoms. The lowest BCUT2D eigenvalue weighted by Gasteiger charge is -2.30. The number of carbonyl (C=O) groups excluding carboxylic acids is 2. The molecule has 0 saturated heterocycles. The van der Waals surface area contributed by atoms with Gasteiger partial charge in [-0.3, -0.25) is 9.78 Å². The van der Waals surface area contributed by atoms with Gasteiger partial charge in [0.1, 0.15) is 23.6 Å². The monoisotopic (exact) mass is 550 g/mol. The van der Waals surface area contributed by atoms with Crippen LogP contribution in [0.2, 0.25) is 0 Å². The molecule has 39 heavy (non-hydrogen) atoms. The molecular formula is C27H30F4N4O4. The van der Waals surface area contributed by atoms with E-state index in [1.54, 1.807) is 34.6 Å². The number of oxazole rings is 1. The number of hydrogen-bond acceptors (Lipinski definition) is 6. The van der Waals surface area contributed by atoms with E-state index in [1.807, 2.05) is 0 Å². The molecule has 2 N–H and O–H groups in total. The van der Waals surface area contributed by atoms with Crippen LogP contribution in [0.4, 0.5) is 22.4 Å². The zero-order chi connectivity index (χ0) is 29.2. The molecule has 210 valence electrons. The zero-order valence-electron chi connectivity index (χ0n) is 22.4. The van der Waals surface area contributed by atoms with E-state index in [2.05, 4.69) is 20.6 Å². The normalized spacial score (nSPS) is 13.1. The Labute approximate surface area is 223 Å². The van der Waals surface area contributed by atoms with Gasteiger partial charge in [0, 0.05) is 19.0 Å². The Morgan fingerprint density at radius 2 is 1.67 bits per heavy atom. The van der Waals surface area contributed by atoms with Gasteiger partial charge in [0.15, 0.2) is 11.6 Å². The number of alkyl halides is 3. The molecule has 1 aromatic carbocycles. The summed E-state index contributed by atoms with van der Waals surface area (Å²) in [5.74, 6) is -3.40. The summed E-state index contributed by atoms with van der Waals surface area (Å²) in [6.45, 7) is 8.89. The van der Waals surface area contributed by atoms with Crippen molar-refractivity contribution in [3.05, 3.63) is 71.3 Å². The summed E-state index contributed by atoms with van der Waals surface area (Å²) in [6, 6.07) is 7.82. The SMILES string of the molecule is Cc1nc(C(=O)NCC(c2cc(C(C)(C)NC(=O)OC(C)(C)C)cc(-c3ccc(F)cc3)n2)C(F)(F)F)co1. The Morgan fingerprint density at radius 3 is 2.21 bits per heavy atom. The molecule has 12 heteroatoms. The summed E-state index contributed by atoms with van der Waals surface area (Å²) in [5.41, 5.74) is -1.81. The first-order chi connectivity index (χ1) is 17.9. The quantitative estimate of drug-likeness (QED) is 0.349. The Balaban J connectivity index is 2.04. The third kappa shape index (κ3) is 8.01. The lowest BCUT2D eigenvalue weighted by atomic mass is 9.90. The van der Waals surface area contributed by atoms with E-state index in [1.165, 1.54) is 31.2 Å². The fraction of sp³-hybridized carbons (Fsp3) is 0.407. The van der Waals surface area contributed by atoms with E-state index < -0.39 is 53.3 Å². The Bertz CT molecular complexity index is 1330.